The fourth-order valence-electron chi connectivity index (χ4n) is 3.33. The molecule has 28 heavy (non-hydrogen) atoms. The van der Waals surface area contributed by atoms with Crippen molar-refractivity contribution in [1.29, 1.82) is 0 Å². The summed E-state index contributed by atoms with van der Waals surface area (Å²) in [6, 6.07) is 14.2. The topological polar surface area (TPSA) is 71.5 Å². The Hall–Kier alpha value is -3.12. The van der Waals surface area contributed by atoms with E-state index in [9.17, 15) is 9.59 Å². The van der Waals surface area contributed by atoms with E-state index in [0.29, 0.717) is 27.7 Å². The standard InChI is InChI=1S/C21H18ClN3O3/c1-21(2)20(27)24-15-7-3-4-8-16(15)25(21)18(26)12-28-17-10-9-14(22)13-6-5-11-23-19(13)17/h3-11H,12H2,1-2H3,(H,24,27). The molecule has 0 aliphatic carbocycles. The number of benzene rings is 2. The van der Waals surface area contributed by atoms with Gasteiger partial charge in [0.1, 0.15) is 16.8 Å². The Kier molecular flexibility index (Phi) is 4.43. The van der Waals surface area contributed by atoms with Crippen LogP contribution in [0.1, 0.15) is 13.8 Å². The number of fused-ring (bicyclic) bond motifs is 2. The van der Waals surface area contributed by atoms with Gasteiger partial charge in [-0.2, -0.15) is 0 Å². The lowest BCUT2D eigenvalue weighted by molar-refractivity contribution is -0.127. The lowest BCUT2D eigenvalue weighted by atomic mass is 9.96. The number of ether oxygens (including phenoxy) is 1. The molecule has 3 aromatic rings. The van der Waals surface area contributed by atoms with Gasteiger partial charge in [0.2, 0.25) is 5.91 Å². The van der Waals surface area contributed by atoms with E-state index < -0.39 is 5.54 Å². The number of amides is 2. The minimum absolute atomic E-state index is 0.238. The van der Waals surface area contributed by atoms with Crippen LogP contribution in [0.4, 0.5) is 11.4 Å². The number of carbonyl (C=O) groups excluding carboxylic acids is 2. The zero-order valence-corrected chi connectivity index (χ0v) is 16.2. The molecule has 4 rings (SSSR count). The zero-order chi connectivity index (χ0) is 19.9. The van der Waals surface area contributed by atoms with Crippen LogP contribution in [0.25, 0.3) is 10.9 Å². The Morgan fingerprint density at radius 3 is 2.79 bits per heavy atom. The first kappa shape index (κ1) is 18.3. The van der Waals surface area contributed by atoms with Gasteiger partial charge in [0.15, 0.2) is 6.61 Å². The van der Waals surface area contributed by atoms with Crippen LogP contribution in [0, 0.1) is 0 Å². The predicted molar refractivity (Wildman–Crippen MR) is 109 cm³/mol. The number of nitrogens with zero attached hydrogens (tertiary/aromatic N) is 2. The monoisotopic (exact) mass is 395 g/mol. The average molecular weight is 396 g/mol. The molecule has 0 radical (unpaired) electrons. The second-order valence-corrected chi connectivity index (χ2v) is 7.40. The lowest BCUT2D eigenvalue weighted by Gasteiger charge is -2.41. The minimum Gasteiger partial charge on any atom is -0.481 e. The largest absolute Gasteiger partial charge is 0.481 e. The van der Waals surface area contributed by atoms with Gasteiger partial charge >= 0.3 is 0 Å². The van der Waals surface area contributed by atoms with E-state index in [2.05, 4.69) is 10.3 Å². The smallest absolute Gasteiger partial charge is 0.265 e. The minimum atomic E-state index is -1.05. The molecule has 0 fully saturated rings. The summed E-state index contributed by atoms with van der Waals surface area (Å²) in [6.45, 7) is 3.17. The first-order valence-electron chi connectivity index (χ1n) is 8.79. The summed E-state index contributed by atoms with van der Waals surface area (Å²) in [5, 5.41) is 4.15. The van der Waals surface area contributed by atoms with Crippen molar-refractivity contribution in [3.8, 4) is 5.75 Å². The molecule has 0 atom stereocenters. The van der Waals surface area contributed by atoms with Gasteiger partial charge in [-0.05, 0) is 50.2 Å². The molecule has 0 saturated heterocycles. The summed E-state index contributed by atoms with van der Waals surface area (Å²) < 4.78 is 5.79. The van der Waals surface area contributed by atoms with E-state index in [1.807, 2.05) is 18.2 Å². The molecular formula is C21H18ClN3O3. The van der Waals surface area contributed by atoms with E-state index in [0.717, 1.165) is 5.39 Å². The normalized spacial score (nSPS) is 15.1. The summed E-state index contributed by atoms with van der Waals surface area (Å²) in [5.41, 5.74) is 0.771. The van der Waals surface area contributed by atoms with Crippen LogP contribution < -0.4 is 15.0 Å². The lowest BCUT2D eigenvalue weighted by Crippen LogP contribution is -2.59. The van der Waals surface area contributed by atoms with Crippen molar-refractivity contribution in [2.24, 2.45) is 0 Å². The number of rotatable bonds is 3. The van der Waals surface area contributed by atoms with Gasteiger partial charge in [0, 0.05) is 11.6 Å². The molecule has 1 aromatic heterocycles. The van der Waals surface area contributed by atoms with Gasteiger partial charge in [0.05, 0.1) is 16.4 Å². The molecule has 1 N–H and O–H groups in total. The van der Waals surface area contributed by atoms with Gasteiger partial charge in [-0.3, -0.25) is 19.5 Å². The second kappa shape index (κ2) is 6.80. The van der Waals surface area contributed by atoms with Crippen LogP contribution in [0.5, 0.6) is 5.75 Å². The van der Waals surface area contributed by atoms with Gasteiger partial charge in [-0.1, -0.05) is 23.7 Å². The van der Waals surface area contributed by atoms with Crippen molar-refractivity contribution in [1.82, 2.24) is 4.98 Å². The third kappa shape index (κ3) is 2.96. The summed E-state index contributed by atoms with van der Waals surface area (Å²) in [4.78, 5) is 31.4. The van der Waals surface area contributed by atoms with Crippen molar-refractivity contribution in [3.63, 3.8) is 0 Å². The molecule has 2 amide bonds. The van der Waals surface area contributed by atoms with Crippen molar-refractivity contribution in [2.45, 2.75) is 19.4 Å². The van der Waals surface area contributed by atoms with Crippen LogP contribution in [-0.2, 0) is 9.59 Å². The molecule has 1 aliphatic rings. The predicted octanol–water partition coefficient (Wildman–Crippen LogP) is 4.03. The van der Waals surface area contributed by atoms with Crippen molar-refractivity contribution >= 4 is 45.7 Å². The third-order valence-electron chi connectivity index (χ3n) is 4.79. The molecule has 142 valence electrons. The van der Waals surface area contributed by atoms with E-state index in [4.69, 9.17) is 16.3 Å². The maximum atomic E-state index is 13.1. The van der Waals surface area contributed by atoms with Crippen molar-refractivity contribution < 1.29 is 14.3 Å². The maximum absolute atomic E-state index is 13.1. The zero-order valence-electron chi connectivity index (χ0n) is 15.4. The number of para-hydroxylation sites is 2. The Labute approximate surface area is 167 Å². The molecule has 7 heteroatoms. The average Bonchev–Trinajstić information content (AvgIpc) is 2.68. The highest BCUT2D eigenvalue weighted by atomic mass is 35.5. The van der Waals surface area contributed by atoms with Gasteiger partial charge in [-0.15, -0.1) is 0 Å². The van der Waals surface area contributed by atoms with Crippen LogP contribution in [0.2, 0.25) is 5.02 Å². The molecule has 0 spiro atoms. The van der Waals surface area contributed by atoms with Gasteiger partial charge < -0.3 is 10.1 Å². The molecule has 2 heterocycles. The number of hydrogen-bond donors (Lipinski definition) is 1. The summed E-state index contributed by atoms with van der Waals surface area (Å²) >= 11 is 6.21. The van der Waals surface area contributed by atoms with E-state index in [-0.39, 0.29) is 18.4 Å². The Bertz CT molecular complexity index is 1100. The maximum Gasteiger partial charge on any atom is 0.265 e. The number of halogens is 1. The second-order valence-electron chi connectivity index (χ2n) is 6.99. The van der Waals surface area contributed by atoms with Crippen LogP contribution >= 0.6 is 11.6 Å². The first-order chi connectivity index (χ1) is 13.4. The summed E-state index contributed by atoms with van der Waals surface area (Å²) in [5.74, 6) is -0.120. The van der Waals surface area contributed by atoms with E-state index >= 15 is 0 Å². The molecule has 0 saturated carbocycles. The highest BCUT2D eigenvalue weighted by Gasteiger charge is 2.43. The molecular weight excluding hydrogens is 378 g/mol. The number of pyridine rings is 1. The van der Waals surface area contributed by atoms with Crippen LogP contribution in [0.3, 0.4) is 0 Å². The fourth-order valence-corrected chi connectivity index (χ4v) is 3.55. The summed E-state index contributed by atoms with van der Waals surface area (Å²) in [7, 11) is 0. The number of nitrogens with one attached hydrogen (secondary N) is 1. The van der Waals surface area contributed by atoms with Crippen molar-refractivity contribution in [2.75, 3.05) is 16.8 Å². The molecule has 6 nitrogen and oxygen atoms in total. The van der Waals surface area contributed by atoms with Crippen molar-refractivity contribution in [3.05, 3.63) is 59.8 Å². The molecule has 0 unspecified atom stereocenters. The highest BCUT2D eigenvalue weighted by Crippen LogP contribution is 2.37. The number of aromatic nitrogens is 1. The highest BCUT2D eigenvalue weighted by molar-refractivity contribution is 6.35. The quantitative estimate of drug-likeness (QED) is 0.726. The van der Waals surface area contributed by atoms with E-state index in [1.54, 1.807) is 50.4 Å². The van der Waals surface area contributed by atoms with Gasteiger partial charge in [0.25, 0.3) is 5.91 Å². The van der Waals surface area contributed by atoms with Gasteiger partial charge in [-0.25, -0.2) is 0 Å². The van der Waals surface area contributed by atoms with Crippen LogP contribution in [0.15, 0.2) is 54.7 Å². The SMILES string of the molecule is CC1(C)C(=O)Nc2ccccc2N1C(=O)COc1ccc(Cl)c2cccnc12. The number of anilines is 2. The third-order valence-corrected chi connectivity index (χ3v) is 5.12. The molecule has 1 aliphatic heterocycles. The van der Waals surface area contributed by atoms with E-state index in [1.165, 1.54) is 4.90 Å². The Morgan fingerprint density at radius 1 is 1.18 bits per heavy atom. The molecule has 0 bridgehead atoms. The number of hydrogen-bond acceptors (Lipinski definition) is 4. The Balaban J connectivity index is 1.64. The summed E-state index contributed by atoms with van der Waals surface area (Å²) in [6.07, 6.45) is 1.64. The number of carbonyl (C=O) groups is 2. The fraction of sp³-hybridized carbons (Fsp3) is 0.190. The van der Waals surface area contributed by atoms with Crippen LogP contribution in [-0.4, -0.2) is 28.9 Å². The molecule has 2 aromatic carbocycles. The first-order valence-corrected chi connectivity index (χ1v) is 9.17. The Morgan fingerprint density at radius 2 is 1.96 bits per heavy atom.